The standard InChI is InChI=1S/C20H23ClN2O4/c1-14-3-6-18(11-15(14)2)27-13-20(25)23-10-9-22-19(24)12-26-17-7-4-16(21)5-8-17/h3-8,11H,9-10,12-13H2,1-2H3,(H,22,24)(H,23,25). The highest BCUT2D eigenvalue weighted by Crippen LogP contribution is 2.16. The van der Waals surface area contributed by atoms with Gasteiger partial charge in [0.25, 0.3) is 11.8 Å². The van der Waals surface area contributed by atoms with Gasteiger partial charge in [-0.3, -0.25) is 9.59 Å². The van der Waals surface area contributed by atoms with Gasteiger partial charge in [0.15, 0.2) is 13.2 Å². The fourth-order valence-electron chi connectivity index (χ4n) is 2.14. The number of aryl methyl sites for hydroxylation is 2. The Balaban J connectivity index is 1.57. The highest BCUT2D eigenvalue weighted by Gasteiger charge is 2.05. The summed E-state index contributed by atoms with van der Waals surface area (Å²) in [4.78, 5) is 23.5. The van der Waals surface area contributed by atoms with Crippen molar-refractivity contribution in [3.63, 3.8) is 0 Å². The molecule has 0 aliphatic carbocycles. The Kier molecular flexibility index (Phi) is 7.95. The molecule has 0 saturated heterocycles. The van der Waals surface area contributed by atoms with Crippen LogP contribution in [0.2, 0.25) is 5.02 Å². The molecule has 0 fully saturated rings. The minimum absolute atomic E-state index is 0.0733. The number of amides is 2. The van der Waals surface area contributed by atoms with Crippen molar-refractivity contribution in [2.45, 2.75) is 13.8 Å². The summed E-state index contributed by atoms with van der Waals surface area (Å²) in [6, 6.07) is 12.4. The Hall–Kier alpha value is -2.73. The van der Waals surface area contributed by atoms with Crippen molar-refractivity contribution >= 4 is 23.4 Å². The number of carbonyl (C=O) groups is 2. The molecule has 2 amide bonds. The maximum absolute atomic E-state index is 11.8. The van der Waals surface area contributed by atoms with E-state index < -0.39 is 0 Å². The first-order valence-electron chi connectivity index (χ1n) is 8.56. The van der Waals surface area contributed by atoms with Crippen molar-refractivity contribution in [3.8, 4) is 11.5 Å². The van der Waals surface area contributed by atoms with Crippen molar-refractivity contribution in [2.75, 3.05) is 26.3 Å². The molecule has 0 unspecified atom stereocenters. The van der Waals surface area contributed by atoms with Crippen LogP contribution in [0.3, 0.4) is 0 Å². The molecule has 0 aromatic heterocycles. The predicted molar refractivity (Wildman–Crippen MR) is 104 cm³/mol. The van der Waals surface area contributed by atoms with Crippen LogP contribution in [-0.4, -0.2) is 38.1 Å². The molecule has 7 heteroatoms. The molecule has 2 aromatic carbocycles. The van der Waals surface area contributed by atoms with E-state index >= 15 is 0 Å². The van der Waals surface area contributed by atoms with Gasteiger partial charge in [-0.25, -0.2) is 0 Å². The summed E-state index contributed by atoms with van der Waals surface area (Å²) in [5, 5.41) is 5.94. The number of benzene rings is 2. The monoisotopic (exact) mass is 390 g/mol. The lowest BCUT2D eigenvalue weighted by molar-refractivity contribution is -0.124. The minimum atomic E-state index is -0.273. The van der Waals surface area contributed by atoms with Crippen LogP contribution in [-0.2, 0) is 9.59 Å². The van der Waals surface area contributed by atoms with Gasteiger partial charge in [0.2, 0.25) is 0 Å². The average Bonchev–Trinajstić information content (AvgIpc) is 2.65. The highest BCUT2D eigenvalue weighted by molar-refractivity contribution is 6.30. The van der Waals surface area contributed by atoms with Crippen LogP contribution in [0.4, 0.5) is 0 Å². The van der Waals surface area contributed by atoms with Crippen LogP contribution in [0, 0.1) is 13.8 Å². The van der Waals surface area contributed by atoms with Crippen molar-refractivity contribution < 1.29 is 19.1 Å². The molecule has 2 rings (SSSR count). The Morgan fingerprint density at radius 3 is 1.89 bits per heavy atom. The normalized spacial score (nSPS) is 10.2. The zero-order valence-electron chi connectivity index (χ0n) is 15.4. The molecule has 2 aromatic rings. The molecule has 0 atom stereocenters. The van der Waals surface area contributed by atoms with Gasteiger partial charge in [-0.05, 0) is 61.4 Å². The first-order valence-corrected chi connectivity index (χ1v) is 8.93. The van der Waals surface area contributed by atoms with E-state index in [4.69, 9.17) is 21.1 Å². The van der Waals surface area contributed by atoms with Gasteiger partial charge >= 0.3 is 0 Å². The van der Waals surface area contributed by atoms with Gasteiger partial charge in [-0.15, -0.1) is 0 Å². The van der Waals surface area contributed by atoms with Gasteiger partial charge in [0, 0.05) is 18.1 Å². The second-order valence-corrected chi connectivity index (χ2v) is 6.41. The van der Waals surface area contributed by atoms with Crippen molar-refractivity contribution in [3.05, 3.63) is 58.6 Å². The van der Waals surface area contributed by atoms with E-state index in [1.807, 2.05) is 32.0 Å². The maximum atomic E-state index is 11.8. The zero-order valence-corrected chi connectivity index (χ0v) is 16.1. The summed E-state index contributed by atoms with van der Waals surface area (Å²) in [5.41, 5.74) is 2.28. The van der Waals surface area contributed by atoms with E-state index in [-0.39, 0.29) is 25.0 Å². The van der Waals surface area contributed by atoms with E-state index in [1.54, 1.807) is 24.3 Å². The Morgan fingerprint density at radius 2 is 1.33 bits per heavy atom. The lowest BCUT2D eigenvalue weighted by Gasteiger charge is -2.10. The molecule has 0 heterocycles. The van der Waals surface area contributed by atoms with Crippen molar-refractivity contribution in [1.29, 1.82) is 0 Å². The SMILES string of the molecule is Cc1ccc(OCC(=O)NCCNC(=O)COc2ccc(Cl)cc2)cc1C. The third-order valence-electron chi connectivity index (χ3n) is 3.80. The first kappa shape index (κ1) is 20.6. The van der Waals surface area contributed by atoms with Crippen molar-refractivity contribution in [1.82, 2.24) is 10.6 Å². The first-order chi connectivity index (χ1) is 12.9. The second kappa shape index (κ2) is 10.4. The van der Waals surface area contributed by atoms with Crippen LogP contribution < -0.4 is 20.1 Å². The molecule has 0 aliphatic rings. The number of hydrogen-bond donors (Lipinski definition) is 2. The molecule has 0 spiro atoms. The quantitative estimate of drug-likeness (QED) is 0.645. The number of ether oxygens (including phenoxy) is 2. The number of halogens is 1. The fourth-order valence-corrected chi connectivity index (χ4v) is 2.26. The number of carbonyl (C=O) groups excluding carboxylic acids is 2. The molecule has 2 N–H and O–H groups in total. The van der Waals surface area contributed by atoms with E-state index in [9.17, 15) is 9.59 Å². The van der Waals surface area contributed by atoms with Gasteiger partial charge in [-0.2, -0.15) is 0 Å². The van der Waals surface area contributed by atoms with Crippen LogP contribution in [0.5, 0.6) is 11.5 Å². The predicted octanol–water partition coefficient (Wildman–Crippen LogP) is 2.65. The van der Waals surface area contributed by atoms with E-state index in [0.717, 1.165) is 5.56 Å². The molecule has 0 radical (unpaired) electrons. The molecule has 0 aliphatic heterocycles. The summed E-state index contributed by atoms with van der Waals surface area (Å²) in [5.74, 6) is 0.692. The van der Waals surface area contributed by atoms with E-state index in [0.29, 0.717) is 29.6 Å². The molecular weight excluding hydrogens is 368 g/mol. The van der Waals surface area contributed by atoms with Gasteiger partial charge < -0.3 is 20.1 Å². The molecule has 0 saturated carbocycles. The van der Waals surface area contributed by atoms with E-state index in [2.05, 4.69) is 10.6 Å². The Labute approximate surface area is 163 Å². The lowest BCUT2D eigenvalue weighted by atomic mass is 10.1. The third-order valence-corrected chi connectivity index (χ3v) is 4.05. The smallest absolute Gasteiger partial charge is 0.258 e. The minimum Gasteiger partial charge on any atom is -0.484 e. The topological polar surface area (TPSA) is 76.7 Å². The Bertz CT molecular complexity index is 778. The highest BCUT2D eigenvalue weighted by atomic mass is 35.5. The summed E-state index contributed by atoms with van der Waals surface area (Å²) < 4.78 is 10.8. The number of rotatable bonds is 9. The van der Waals surface area contributed by atoms with Crippen LogP contribution in [0.15, 0.2) is 42.5 Å². The summed E-state index contributed by atoms with van der Waals surface area (Å²) in [7, 11) is 0. The molecule has 144 valence electrons. The number of nitrogens with one attached hydrogen (secondary N) is 2. The number of hydrogen-bond acceptors (Lipinski definition) is 4. The molecule has 6 nitrogen and oxygen atoms in total. The van der Waals surface area contributed by atoms with Crippen LogP contribution in [0.1, 0.15) is 11.1 Å². The summed E-state index contributed by atoms with van der Waals surface area (Å²) in [6.45, 7) is 4.43. The largest absolute Gasteiger partial charge is 0.484 e. The fraction of sp³-hybridized carbons (Fsp3) is 0.300. The zero-order chi connectivity index (χ0) is 19.6. The van der Waals surface area contributed by atoms with Gasteiger partial charge in [0.1, 0.15) is 11.5 Å². The summed E-state index contributed by atoms with van der Waals surface area (Å²) in [6.07, 6.45) is 0. The molecular formula is C20H23ClN2O4. The van der Waals surface area contributed by atoms with E-state index in [1.165, 1.54) is 5.56 Å². The van der Waals surface area contributed by atoms with Crippen molar-refractivity contribution in [2.24, 2.45) is 0 Å². The second-order valence-electron chi connectivity index (χ2n) is 5.98. The third kappa shape index (κ3) is 7.58. The lowest BCUT2D eigenvalue weighted by Crippen LogP contribution is -2.38. The maximum Gasteiger partial charge on any atom is 0.258 e. The van der Waals surface area contributed by atoms with Gasteiger partial charge in [-0.1, -0.05) is 17.7 Å². The summed E-state index contributed by atoms with van der Waals surface area (Å²) >= 11 is 5.78. The molecule has 0 bridgehead atoms. The van der Waals surface area contributed by atoms with Crippen LogP contribution >= 0.6 is 11.6 Å². The van der Waals surface area contributed by atoms with Crippen LogP contribution in [0.25, 0.3) is 0 Å². The Morgan fingerprint density at radius 1 is 0.815 bits per heavy atom. The van der Waals surface area contributed by atoms with Gasteiger partial charge in [0.05, 0.1) is 0 Å². The average molecular weight is 391 g/mol. The molecule has 27 heavy (non-hydrogen) atoms.